The SMILES string of the molecule is FC(F)(F)Oc1ccc(C(=C2C=Nc3ccccc32)c2c[nH]c3ccccc23)cc1. The van der Waals surface area contributed by atoms with Crippen LogP contribution in [0.25, 0.3) is 22.0 Å². The van der Waals surface area contributed by atoms with Crippen LogP contribution < -0.4 is 4.74 Å². The second kappa shape index (κ2) is 6.91. The van der Waals surface area contributed by atoms with Crippen LogP contribution in [0.15, 0.2) is 84.0 Å². The monoisotopic (exact) mass is 404 g/mol. The molecular weight excluding hydrogens is 389 g/mol. The van der Waals surface area contributed by atoms with Crippen molar-refractivity contribution >= 4 is 34.0 Å². The second-order valence-corrected chi connectivity index (χ2v) is 6.88. The highest BCUT2D eigenvalue weighted by Crippen LogP contribution is 2.41. The fraction of sp³-hybridized carbons (Fsp3) is 0.0417. The number of hydrogen-bond acceptors (Lipinski definition) is 2. The Labute approximate surface area is 170 Å². The molecule has 0 bridgehead atoms. The summed E-state index contributed by atoms with van der Waals surface area (Å²) in [5.41, 5.74) is 6.35. The first kappa shape index (κ1) is 18.2. The third-order valence-corrected chi connectivity index (χ3v) is 5.03. The van der Waals surface area contributed by atoms with E-state index in [4.69, 9.17) is 0 Å². The first-order valence-electron chi connectivity index (χ1n) is 9.30. The van der Waals surface area contributed by atoms with Crippen molar-refractivity contribution in [2.45, 2.75) is 6.36 Å². The van der Waals surface area contributed by atoms with E-state index in [2.05, 4.69) is 14.7 Å². The van der Waals surface area contributed by atoms with Gasteiger partial charge in [0.15, 0.2) is 0 Å². The molecule has 0 spiro atoms. The van der Waals surface area contributed by atoms with E-state index in [1.165, 1.54) is 12.1 Å². The Morgan fingerprint density at radius 3 is 2.40 bits per heavy atom. The Morgan fingerprint density at radius 2 is 1.60 bits per heavy atom. The number of nitrogens with zero attached hydrogens (tertiary/aromatic N) is 1. The van der Waals surface area contributed by atoms with Gasteiger partial charge in [0.25, 0.3) is 0 Å². The highest BCUT2D eigenvalue weighted by molar-refractivity contribution is 6.27. The van der Waals surface area contributed by atoms with Crippen LogP contribution in [-0.4, -0.2) is 17.6 Å². The number of hydrogen-bond donors (Lipinski definition) is 1. The van der Waals surface area contributed by atoms with E-state index in [9.17, 15) is 13.2 Å². The second-order valence-electron chi connectivity index (χ2n) is 6.88. The van der Waals surface area contributed by atoms with Crippen LogP contribution in [0.1, 0.15) is 16.7 Å². The molecule has 0 aliphatic carbocycles. The highest BCUT2D eigenvalue weighted by atomic mass is 19.4. The minimum atomic E-state index is -4.73. The van der Waals surface area contributed by atoms with Gasteiger partial charge in [-0.25, -0.2) is 0 Å². The van der Waals surface area contributed by atoms with Crippen LogP contribution in [0.3, 0.4) is 0 Å². The molecule has 0 unspecified atom stereocenters. The molecule has 0 fully saturated rings. The number of alkyl halides is 3. The number of para-hydroxylation sites is 2. The van der Waals surface area contributed by atoms with E-state index in [1.807, 2.05) is 60.9 Å². The minimum Gasteiger partial charge on any atom is -0.406 e. The molecule has 0 amide bonds. The predicted octanol–water partition coefficient (Wildman–Crippen LogP) is 6.74. The van der Waals surface area contributed by atoms with Gasteiger partial charge in [0.05, 0.1) is 5.69 Å². The predicted molar refractivity (Wildman–Crippen MR) is 112 cm³/mol. The van der Waals surface area contributed by atoms with Crippen molar-refractivity contribution < 1.29 is 17.9 Å². The zero-order chi connectivity index (χ0) is 20.7. The third kappa shape index (κ3) is 3.26. The van der Waals surface area contributed by atoms with Crippen LogP contribution in [0, 0.1) is 0 Å². The van der Waals surface area contributed by atoms with Gasteiger partial charge in [0.2, 0.25) is 0 Å². The molecule has 3 nitrogen and oxygen atoms in total. The summed E-state index contributed by atoms with van der Waals surface area (Å²) in [7, 11) is 0. The largest absolute Gasteiger partial charge is 0.573 e. The Bertz CT molecular complexity index is 1300. The van der Waals surface area contributed by atoms with Gasteiger partial charge < -0.3 is 9.72 Å². The van der Waals surface area contributed by atoms with E-state index in [0.29, 0.717) is 0 Å². The molecule has 0 radical (unpaired) electrons. The summed E-state index contributed by atoms with van der Waals surface area (Å²) in [5, 5.41) is 1.02. The number of nitrogens with one attached hydrogen (secondary N) is 1. The average Bonchev–Trinajstić information content (AvgIpc) is 3.34. The topological polar surface area (TPSA) is 37.4 Å². The maximum atomic E-state index is 12.6. The molecule has 6 heteroatoms. The van der Waals surface area contributed by atoms with E-state index >= 15 is 0 Å². The standard InChI is InChI=1S/C24H15F3N2O/c25-24(26,27)30-16-11-9-15(10-12-16)23(19-13-28-21-7-3-1-5-17(19)21)20-14-29-22-8-4-2-6-18(20)22/h1-14,28H. The van der Waals surface area contributed by atoms with Crippen molar-refractivity contribution in [2.24, 2.45) is 4.99 Å². The van der Waals surface area contributed by atoms with Crippen LogP contribution in [-0.2, 0) is 0 Å². The molecule has 0 saturated heterocycles. The molecule has 0 atom stereocenters. The van der Waals surface area contributed by atoms with Crippen molar-refractivity contribution in [3.63, 3.8) is 0 Å². The molecule has 5 rings (SSSR count). The van der Waals surface area contributed by atoms with Crippen molar-refractivity contribution in [2.75, 3.05) is 0 Å². The summed E-state index contributed by atoms with van der Waals surface area (Å²) in [4.78, 5) is 7.79. The lowest BCUT2D eigenvalue weighted by Gasteiger charge is -2.13. The van der Waals surface area contributed by atoms with Gasteiger partial charge in [0, 0.05) is 45.6 Å². The lowest BCUT2D eigenvalue weighted by atomic mass is 9.90. The molecule has 1 aromatic heterocycles. The Kier molecular flexibility index (Phi) is 4.20. The van der Waals surface area contributed by atoms with E-state index in [1.54, 1.807) is 12.1 Å². The number of aromatic amines is 1. The molecule has 1 aliphatic rings. The first-order valence-corrected chi connectivity index (χ1v) is 9.30. The molecule has 148 valence electrons. The molecule has 0 saturated carbocycles. The quantitative estimate of drug-likeness (QED) is 0.403. The molecule has 4 aromatic rings. The van der Waals surface area contributed by atoms with Gasteiger partial charge in [-0.2, -0.15) is 0 Å². The number of aromatic nitrogens is 1. The molecule has 2 heterocycles. The van der Waals surface area contributed by atoms with E-state index in [-0.39, 0.29) is 5.75 Å². The lowest BCUT2D eigenvalue weighted by molar-refractivity contribution is -0.274. The first-order chi connectivity index (χ1) is 14.5. The molecule has 3 aromatic carbocycles. The summed E-state index contributed by atoms with van der Waals surface area (Å²) in [6.07, 6.45) is -1.000. The molecule has 1 aliphatic heterocycles. The number of ether oxygens (including phenoxy) is 1. The smallest absolute Gasteiger partial charge is 0.406 e. The zero-order valence-electron chi connectivity index (χ0n) is 15.6. The third-order valence-electron chi connectivity index (χ3n) is 5.03. The molecule has 30 heavy (non-hydrogen) atoms. The Hall–Kier alpha value is -3.80. The zero-order valence-corrected chi connectivity index (χ0v) is 15.6. The van der Waals surface area contributed by atoms with Gasteiger partial charge in [0.1, 0.15) is 5.75 Å². The van der Waals surface area contributed by atoms with Crippen LogP contribution in [0.2, 0.25) is 0 Å². The van der Waals surface area contributed by atoms with Crippen LogP contribution in [0.4, 0.5) is 18.9 Å². The number of H-pyrrole nitrogens is 1. The van der Waals surface area contributed by atoms with Crippen LogP contribution >= 0.6 is 0 Å². The highest BCUT2D eigenvalue weighted by Gasteiger charge is 2.31. The van der Waals surface area contributed by atoms with Crippen molar-refractivity contribution in [3.05, 3.63) is 95.7 Å². The van der Waals surface area contributed by atoms with E-state index < -0.39 is 6.36 Å². The minimum absolute atomic E-state index is 0.255. The van der Waals surface area contributed by atoms with Crippen molar-refractivity contribution in [3.8, 4) is 5.75 Å². The fourth-order valence-corrected chi connectivity index (χ4v) is 3.77. The number of rotatable bonds is 3. The van der Waals surface area contributed by atoms with E-state index in [0.717, 1.165) is 44.4 Å². The summed E-state index contributed by atoms with van der Waals surface area (Å²) >= 11 is 0. The Balaban J connectivity index is 1.71. The number of allylic oxidation sites excluding steroid dienone is 1. The van der Waals surface area contributed by atoms with Gasteiger partial charge in [-0.3, -0.25) is 4.99 Å². The number of aliphatic imine (C=N–C) groups is 1. The van der Waals surface area contributed by atoms with Crippen molar-refractivity contribution in [1.82, 2.24) is 4.98 Å². The summed E-state index contributed by atoms with van der Waals surface area (Å²) in [6, 6.07) is 21.6. The Morgan fingerprint density at radius 1 is 0.867 bits per heavy atom. The maximum absolute atomic E-state index is 12.6. The summed E-state index contributed by atoms with van der Waals surface area (Å²) in [6.45, 7) is 0. The maximum Gasteiger partial charge on any atom is 0.573 e. The van der Waals surface area contributed by atoms with Crippen molar-refractivity contribution in [1.29, 1.82) is 0 Å². The number of benzene rings is 3. The van der Waals surface area contributed by atoms with Gasteiger partial charge in [-0.15, -0.1) is 13.2 Å². The van der Waals surface area contributed by atoms with Gasteiger partial charge >= 0.3 is 6.36 Å². The molecular formula is C24H15F3N2O. The van der Waals surface area contributed by atoms with Gasteiger partial charge in [-0.05, 0) is 29.8 Å². The molecule has 1 N–H and O–H groups in total. The lowest BCUT2D eigenvalue weighted by Crippen LogP contribution is -2.17. The summed E-state index contributed by atoms with van der Waals surface area (Å²) in [5.74, 6) is -0.255. The van der Waals surface area contributed by atoms with Gasteiger partial charge in [-0.1, -0.05) is 48.5 Å². The number of halogens is 3. The fourth-order valence-electron chi connectivity index (χ4n) is 3.77. The summed E-state index contributed by atoms with van der Waals surface area (Å²) < 4.78 is 41.7. The number of fused-ring (bicyclic) bond motifs is 2. The van der Waals surface area contributed by atoms with Crippen LogP contribution in [0.5, 0.6) is 5.75 Å². The normalized spacial score (nSPS) is 14.8. The average molecular weight is 404 g/mol.